The Hall–Kier alpha value is -1.59. The zero-order valence-electron chi connectivity index (χ0n) is 15.4. The fourth-order valence-electron chi connectivity index (χ4n) is 3.71. The molecule has 0 saturated carbocycles. The number of carbonyl (C=O) groups is 1. The lowest BCUT2D eigenvalue weighted by Crippen LogP contribution is -2.50. The first-order valence-electron chi connectivity index (χ1n) is 9.41. The molecule has 0 aliphatic carbocycles. The average molecular weight is 346 g/mol. The summed E-state index contributed by atoms with van der Waals surface area (Å²) in [6.07, 6.45) is 3.32. The second kappa shape index (κ2) is 8.68. The summed E-state index contributed by atoms with van der Waals surface area (Å²) >= 11 is 0. The molecule has 2 aliphatic rings. The molecule has 0 radical (unpaired) electrons. The van der Waals surface area contributed by atoms with E-state index in [0.29, 0.717) is 12.5 Å². The Kier molecular flexibility index (Phi) is 6.32. The van der Waals surface area contributed by atoms with E-state index in [1.807, 2.05) is 23.1 Å². The predicted octanol–water partition coefficient (Wildman–Crippen LogP) is 2.51. The summed E-state index contributed by atoms with van der Waals surface area (Å²) in [5.74, 6) is 1.30. The van der Waals surface area contributed by atoms with Crippen molar-refractivity contribution in [3.8, 4) is 5.75 Å². The van der Waals surface area contributed by atoms with Gasteiger partial charge in [-0.3, -0.25) is 9.69 Å². The minimum absolute atomic E-state index is 0.201. The van der Waals surface area contributed by atoms with E-state index in [1.165, 1.54) is 12.8 Å². The van der Waals surface area contributed by atoms with Crippen LogP contribution >= 0.6 is 0 Å². The van der Waals surface area contributed by atoms with Crippen LogP contribution in [0.4, 0.5) is 0 Å². The molecule has 5 heteroatoms. The van der Waals surface area contributed by atoms with Gasteiger partial charge in [0.2, 0.25) is 5.91 Å². The molecule has 2 fully saturated rings. The van der Waals surface area contributed by atoms with Crippen LogP contribution in [0, 0.1) is 0 Å². The molecule has 2 saturated heterocycles. The average Bonchev–Trinajstić information content (AvgIpc) is 3.15. The topological polar surface area (TPSA) is 42.0 Å². The van der Waals surface area contributed by atoms with Crippen molar-refractivity contribution in [3.63, 3.8) is 0 Å². The third-order valence-corrected chi connectivity index (χ3v) is 5.35. The largest absolute Gasteiger partial charge is 0.497 e. The number of hydrogen-bond donors (Lipinski definition) is 0. The lowest BCUT2D eigenvalue weighted by Gasteiger charge is -2.36. The van der Waals surface area contributed by atoms with E-state index in [4.69, 9.17) is 9.47 Å². The van der Waals surface area contributed by atoms with Crippen LogP contribution in [0.1, 0.15) is 37.7 Å². The van der Waals surface area contributed by atoms with E-state index < -0.39 is 0 Å². The molecule has 0 bridgehead atoms. The molecular formula is C20H30N2O3. The number of piperazine rings is 1. The van der Waals surface area contributed by atoms with E-state index >= 15 is 0 Å². The van der Waals surface area contributed by atoms with Crippen molar-refractivity contribution in [2.24, 2.45) is 0 Å². The third kappa shape index (κ3) is 4.95. The molecule has 25 heavy (non-hydrogen) atoms. The molecule has 2 heterocycles. The lowest BCUT2D eigenvalue weighted by molar-refractivity contribution is -0.133. The van der Waals surface area contributed by atoms with Gasteiger partial charge in [0.05, 0.1) is 13.2 Å². The maximum atomic E-state index is 12.6. The number of benzene rings is 1. The molecule has 5 nitrogen and oxygen atoms in total. The molecule has 2 aliphatic heterocycles. The van der Waals surface area contributed by atoms with Crippen molar-refractivity contribution < 1.29 is 14.3 Å². The van der Waals surface area contributed by atoms with Gasteiger partial charge in [-0.15, -0.1) is 0 Å². The zero-order chi connectivity index (χ0) is 17.6. The summed E-state index contributed by atoms with van der Waals surface area (Å²) in [5, 5.41) is 0. The van der Waals surface area contributed by atoms with Crippen molar-refractivity contribution in [2.45, 2.75) is 38.2 Å². The quantitative estimate of drug-likeness (QED) is 0.794. The van der Waals surface area contributed by atoms with Crippen LogP contribution in [-0.2, 0) is 9.53 Å². The van der Waals surface area contributed by atoms with Crippen molar-refractivity contribution in [1.29, 1.82) is 0 Å². The summed E-state index contributed by atoms with van der Waals surface area (Å²) in [7, 11) is 1.67. The number of nitrogens with zero attached hydrogens (tertiary/aromatic N) is 2. The highest BCUT2D eigenvalue weighted by molar-refractivity contribution is 5.77. The highest BCUT2D eigenvalue weighted by atomic mass is 16.5. The van der Waals surface area contributed by atoms with Gasteiger partial charge < -0.3 is 14.4 Å². The summed E-state index contributed by atoms with van der Waals surface area (Å²) in [5.41, 5.74) is 1.16. The van der Waals surface area contributed by atoms with Crippen molar-refractivity contribution in [3.05, 3.63) is 29.8 Å². The Balaban J connectivity index is 1.45. The highest BCUT2D eigenvalue weighted by Crippen LogP contribution is 2.24. The molecular weight excluding hydrogens is 316 g/mol. The van der Waals surface area contributed by atoms with E-state index in [9.17, 15) is 4.79 Å². The molecule has 0 aromatic heterocycles. The van der Waals surface area contributed by atoms with Gasteiger partial charge in [0.1, 0.15) is 5.75 Å². The summed E-state index contributed by atoms with van der Waals surface area (Å²) in [6.45, 7) is 7.61. The minimum Gasteiger partial charge on any atom is -0.497 e. The Bertz CT molecular complexity index is 564. The number of rotatable bonds is 6. The number of methoxy groups -OCH3 is 1. The minimum atomic E-state index is 0.201. The fourth-order valence-corrected chi connectivity index (χ4v) is 3.71. The van der Waals surface area contributed by atoms with Crippen LogP contribution in [-0.4, -0.2) is 68.3 Å². The van der Waals surface area contributed by atoms with Crippen molar-refractivity contribution in [2.75, 3.05) is 46.4 Å². The monoisotopic (exact) mass is 346 g/mol. The fraction of sp³-hybridized carbons (Fsp3) is 0.650. The summed E-state index contributed by atoms with van der Waals surface area (Å²) < 4.78 is 11.0. The normalized spacial score (nSPS) is 22.8. The molecule has 1 amide bonds. The number of carbonyl (C=O) groups excluding carboxylic acids is 1. The van der Waals surface area contributed by atoms with Gasteiger partial charge in [0.25, 0.3) is 0 Å². The second-order valence-corrected chi connectivity index (χ2v) is 7.20. The Labute approximate surface area is 150 Å². The first kappa shape index (κ1) is 18.2. The van der Waals surface area contributed by atoms with Crippen molar-refractivity contribution >= 4 is 5.91 Å². The number of amides is 1. The Morgan fingerprint density at radius 2 is 2.12 bits per heavy atom. The smallest absolute Gasteiger partial charge is 0.223 e. The maximum absolute atomic E-state index is 12.6. The van der Waals surface area contributed by atoms with Gasteiger partial charge in [-0.1, -0.05) is 19.1 Å². The predicted molar refractivity (Wildman–Crippen MR) is 98.0 cm³/mol. The van der Waals surface area contributed by atoms with E-state index in [2.05, 4.69) is 17.9 Å². The van der Waals surface area contributed by atoms with E-state index in [1.54, 1.807) is 7.11 Å². The molecule has 138 valence electrons. The molecule has 0 spiro atoms. The molecule has 1 aromatic rings. The van der Waals surface area contributed by atoms with Crippen LogP contribution in [0.25, 0.3) is 0 Å². The molecule has 3 rings (SSSR count). The van der Waals surface area contributed by atoms with Gasteiger partial charge in [-0.05, 0) is 36.5 Å². The van der Waals surface area contributed by atoms with Crippen LogP contribution in [0.2, 0.25) is 0 Å². The van der Waals surface area contributed by atoms with E-state index in [0.717, 1.165) is 50.6 Å². The Morgan fingerprint density at radius 1 is 1.32 bits per heavy atom. The maximum Gasteiger partial charge on any atom is 0.223 e. The standard InChI is InChI=1S/C20H30N2O3/c1-16(17-5-3-6-18(14-17)24-2)13-20(23)22-10-8-21(9-11-22)15-19-7-4-12-25-19/h3,5-6,14,16,19H,4,7-13,15H2,1-2H3/t16-,19+/m1/s1. The van der Waals surface area contributed by atoms with Gasteiger partial charge in [0.15, 0.2) is 0 Å². The SMILES string of the molecule is COc1cccc([C@H](C)CC(=O)N2CCN(C[C@@H]3CCCO3)CC2)c1. The summed E-state index contributed by atoms with van der Waals surface area (Å²) in [4.78, 5) is 17.1. The lowest BCUT2D eigenvalue weighted by atomic mass is 9.97. The third-order valence-electron chi connectivity index (χ3n) is 5.35. The van der Waals surface area contributed by atoms with Crippen LogP contribution in [0.3, 0.4) is 0 Å². The van der Waals surface area contributed by atoms with Gasteiger partial charge in [-0.25, -0.2) is 0 Å². The molecule has 1 aromatic carbocycles. The molecule has 0 unspecified atom stereocenters. The van der Waals surface area contributed by atoms with Crippen LogP contribution < -0.4 is 4.74 Å². The molecule has 2 atom stereocenters. The van der Waals surface area contributed by atoms with Gasteiger partial charge in [-0.2, -0.15) is 0 Å². The second-order valence-electron chi connectivity index (χ2n) is 7.20. The summed E-state index contributed by atoms with van der Waals surface area (Å²) in [6, 6.07) is 8.02. The zero-order valence-corrected chi connectivity index (χ0v) is 15.4. The van der Waals surface area contributed by atoms with Gasteiger partial charge >= 0.3 is 0 Å². The first-order chi connectivity index (χ1) is 12.2. The van der Waals surface area contributed by atoms with Gasteiger partial charge in [0, 0.05) is 45.8 Å². The Morgan fingerprint density at radius 3 is 2.80 bits per heavy atom. The highest BCUT2D eigenvalue weighted by Gasteiger charge is 2.25. The number of ether oxygens (including phenoxy) is 2. The van der Waals surface area contributed by atoms with Crippen LogP contribution in [0.5, 0.6) is 5.75 Å². The first-order valence-corrected chi connectivity index (χ1v) is 9.41. The van der Waals surface area contributed by atoms with E-state index in [-0.39, 0.29) is 11.8 Å². The van der Waals surface area contributed by atoms with Crippen LogP contribution in [0.15, 0.2) is 24.3 Å². The molecule has 0 N–H and O–H groups in total. The van der Waals surface area contributed by atoms with Crippen molar-refractivity contribution in [1.82, 2.24) is 9.80 Å². The number of hydrogen-bond acceptors (Lipinski definition) is 4.